The van der Waals surface area contributed by atoms with Crippen molar-refractivity contribution in [2.45, 2.75) is 33.4 Å². The van der Waals surface area contributed by atoms with Crippen molar-refractivity contribution in [2.24, 2.45) is 0 Å². The quantitative estimate of drug-likeness (QED) is 0.779. The molecular weight excluding hydrogens is 298 g/mol. The molecule has 0 fully saturated rings. The number of benzene rings is 1. The van der Waals surface area contributed by atoms with Crippen molar-refractivity contribution in [3.8, 4) is 11.3 Å². The smallest absolute Gasteiger partial charge is 0.115 e. The molecule has 0 spiro atoms. The van der Waals surface area contributed by atoms with Gasteiger partial charge < -0.3 is 0 Å². The maximum Gasteiger partial charge on any atom is 0.115 e. The third kappa shape index (κ3) is 3.36. The predicted molar refractivity (Wildman–Crippen MR) is 95.4 cm³/mol. The van der Waals surface area contributed by atoms with Crippen molar-refractivity contribution in [3.05, 3.63) is 65.4 Å². The normalized spacial score (nSPS) is 12.5. The fourth-order valence-corrected chi connectivity index (χ4v) is 2.76. The zero-order valence-corrected chi connectivity index (χ0v) is 14.6. The van der Waals surface area contributed by atoms with Crippen LogP contribution in [-0.4, -0.2) is 32.1 Å². The molecule has 2 heterocycles. The largest absolute Gasteiger partial charge is 0.294 e. The average Bonchev–Trinajstić information content (AvgIpc) is 3.05. The van der Waals surface area contributed by atoms with E-state index in [0.717, 1.165) is 17.9 Å². The van der Waals surface area contributed by atoms with Crippen molar-refractivity contribution >= 4 is 0 Å². The first-order chi connectivity index (χ1) is 11.6. The van der Waals surface area contributed by atoms with Gasteiger partial charge in [0.1, 0.15) is 6.33 Å². The first-order valence-corrected chi connectivity index (χ1v) is 8.12. The van der Waals surface area contributed by atoms with Gasteiger partial charge in [-0.05, 0) is 51.1 Å². The predicted octanol–water partition coefficient (Wildman–Crippen LogP) is 3.68. The van der Waals surface area contributed by atoms with Crippen LogP contribution in [0, 0.1) is 13.8 Å². The Bertz CT molecular complexity index is 810. The molecule has 0 saturated carbocycles. The van der Waals surface area contributed by atoms with E-state index in [0.29, 0.717) is 0 Å². The van der Waals surface area contributed by atoms with Crippen LogP contribution in [0.5, 0.6) is 0 Å². The monoisotopic (exact) mass is 321 g/mol. The lowest BCUT2D eigenvalue weighted by Gasteiger charge is -2.24. The number of H-pyrrole nitrogens is 1. The standard InChI is InChI=1S/C19H23N5/c1-13-5-6-16(9-14(13)2)19-17(10-22-23-19)11-24(4)15(3)18-7-8-20-12-21-18/h5-10,12,15H,11H2,1-4H3,(H,22,23)/t15-/m1/s1. The van der Waals surface area contributed by atoms with Gasteiger partial charge in [-0.15, -0.1) is 0 Å². The topological polar surface area (TPSA) is 57.7 Å². The summed E-state index contributed by atoms with van der Waals surface area (Å²) < 4.78 is 0. The Morgan fingerprint density at radius 3 is 2.71 bits per heavy atom. The van der Waals surface area contributed by atoms with E-state index in [1.807, 2.05) is 12.3 Å². The summed E-state index contributed by atoms with van der Waals surface area (Å²) in [5, 5.41) is 7.41. The molecule has 1 N–H and O–H groups in total. The summed E-state index contributed by atoms with van der Waals surface area (Å²) in [5.74, 6) is 0. The van der Waals surface area contributed by atoms with Gasteiger partial charge in [-0.3, -0.25) is 10.00 Å². The molecule has 5 heteroatoms. The van der Waals surface area contributed by atoms with E-state index >= 15 is 0 Å². The van der Waals surface area contributed by atoms with Gasteiger partial charge in [-0.1, -0.05) is 12.1 Å². The van der Waals surface area contributed by atoms with E-state index in [4.69, 9.17) is 0 Å². The van der Waals surface area contributed by atoms with Crippen molar-refractivity contribution in [3.63, 3.8) is 0 Å². The highest BCUT2D eigenvalue weighted by atomic mass is 15.2. The molecule has 0 bridgehead atoms. The van der Waals surface area contributed by atoms with Gasteiger partial charge in [0, 0.05) is 29.9 Å². The van der Waals surface area contributed by atoms with Crippen molar-refractivity contribution in [1.29, 1.82) is 0 Å². The van der Waals surface area contributed by atoms with E-state index in [2.05, 4.69) is 71.1 Å². The van der Waals surface area contributed by atoms with E-state index < -0.39 is 0 Å². The van der Waals surface area contributed by atoms with Crippen molar-refractivity contribution < 1.29 is 0 Å². The number of rotatable bonds is 5. The van der Waals surface area contributed by atoms with E-state index in [1.165, 1.54) is 22.3 Å². The van der Waals surface area contributed by atoms with Crippen LogP contribution in [0.2, 0.25) is 0 Å². The van der Waals surface area contributed by atoms with Crippen LogP contribution < -0.4 is 0 Å². The third-order valence-electron chi connectivity index (χ3n) is 4.63. The fourth-order valence-electron chi connectivity index (χ4n) is 2.76. The summed E-state index contributed by atoms with van der Waals surface area (Å²) in [4.78, 5) is 10.6. The maximum absolute atomic E-state index is 4.35. The van der Waals surface area contributed by atoms with Crippen LogP contribution in [0.15, 0.2) is 43.0 Å². The Labute approximate surface area is 142 Å². The van der Waals surface area contributed by atoms with Gasteiger partial charge in [0.05, 0.1) is 17.6 Å². The fraction of sp³-hybridized carbons (Fsp3) is 0.316. The second kappa shape index (κ2) is 6.93. The number of hydrogen-bond donors (Lipinski definition) is 1. The van der Waals surface area contributed by atoms with Crippen LogP contribution in [0.3, 0.4) is 0 Å². The minimum Gasteiger partial charge on any atom is -0.294 e. The summed E-state index contributed by atoms with van der Waals surface area (Å²) in [7, 11) is 2.10. The van der Waals surface area contributed by atoms with Crippen LogP contribution in [0.4, 0.5) is 0 Å². The molecule has 5 nitrogen and oxygen atoms in total. The summed E-state index contributed by atoms with van der Waals surface area (Å²) in [6, 6.07) is 8.67. The Balaban J connectivity index is 1.81. The number of nitrogens with one attached hydrogen (secondary N) is 1. The summed E-state index contributed by atoms with van der Waals surface area (Å²) >= 11 is 0. The molecule has 0 amide bonds. The Morgan fingerprint density at radius 1 is 1.17 bits per heavy atom. The minimum absolute atomic E-state index is 0.204. The molecule has 0 radical (unpaired) electrons. The van der Waals surface area contributed by atoms with Crippen LogP contribution in [0.1, 0.15) is 35.3 Å². The highest BCUT2D eigenvalue weighted by Gasteiger charge is 2.16. The molecule has 3 rings (SSSR count). The minimum atomic E-state index is 0.204. The summed E-state index contributed by atoms with van der Waals surface area (Å²) in [6.07, 6.45) is 5.29. The Morgan fingerprint density at radius 2 is 2.00 bits per heavy atom. The zero-order valence-electron chi connectivity index (χ0n) is 14.6. The number of hydrogen-bond acceptors (Lipinski definition) is 4. The summed E-state index contributed by atoms with van der Waals surface area (Å²) in [5.41, 5.74) is 7.05. The Kier molecular flexibility index (Phi) is 4.71. The second-order valence-electron chi connectivity index (χ2n) is 6.29. The molecular formula is C19H23N5. The van der Waals surface area contributed by atoms with Crippen molar-refractivity contribution in [2.75, 3.05) is 7.05 Å². The first-order valence-electron chi connectivity index (χ1n) is 8.12. The number of aryl methyl sites for hydroxylation is 2. The molecule has 0 aliphatic heterocycles. The zero-order chi connectivity index (χ0) is 17.1. The lowest BCUT2D eigenvalue weighted by Crippen LogP contribution is -2.22. The van der Waals surface area contributed by atoms with E-state index in [9.17, 15) is 0 Å². The SMILES string of the molecule is Cc1ccc(-c2[nH]ncc2CN(C)[C@H](C)c2ccncn2)cc1C. The number of aromatic amines is 1. The molecule has 3 aromatic rings. The van der Waals surface area contributed by atoms with Gasteiger partial charge in [0.15, 0.2) is 0 Å². The van der Waals surface area contributed by atoms with E-state index in [-0.39, 0.29) is 6.04 Å². The second-order valence-corrected chi connectivity index (χ2v) is 6.29. The number of nitrogens with zero attached hydrogens (tertiary/aromatic N) is 4. The van der Waals surface area contributed by atoms with E-state index in [1.54, 1.807) is 12.5 Å². The molecule has 0 saturated heterocycles. The van der Waals surface area contributed by atoms with Crippen molar-refractivity contribution in [1.82, 2.24) is 25.1 Å². The molecule has 24 heavy (non-hydrogen) atoms. The first kappa shape index (κ1) is 16.3. The van der Waals surface area contributed by atoms with Crippen LogP contribution >= 0.6 is 0 Å². The van der Waals surface area contributed by atoms with Gasteiger partial charge in [-0.25, -0.2) is 9.97 Å². The highest BCUT2D eigenvalue weighted by molar-refractivity contribution is 5.64. The molecule has 0 unspecified atom stereocenters. The number of aromatic nitrogens is 4. The van der Waals surface area contributed by atoms with Crippen LogP contribution in [-0.2, 0) is 6.54 Å². The molecule has 2 aromatic heterocycles. The molecule has 1 aromatic carbocycles. The molecule has 1 atom stereocenters. The lowest BCUT2D eigenvalue weighted by atomic mass is 10.0. The molecule has 0 aliphatic carbocycles. The molecule has 0 aliphatic rings. The van der Waals surface area contributed by atoms with Gasteiger partial charge >= 0.3 is 0 Å². The lowest BCUT2D eigenvalue weighted by molar-refractivity contribution is 0.249. The van der Waals surface area contributed by atoms with Gasteiger partial charge in [0.25, 0.3) is 0 Å². The summed E-state index contributed by atoms with van der Waals surface area (Å²) in [6.45, 7) is 7.21. The molecule has 124 valence electrons. The third-order valence-corrected chi connectivity index (χ3v) is 4.63. The maximum atomic E-state index is 4.35. The van der Waals surface area contributed by atoms with Gasteiger partial charge in [0.2, 0.25) is 0 Å². The highest BCUT2D eigenvalue weighted by Crippen LogP contribution is 2.26. The van der Waals surface area contributed by atoms with Gasteiger partial charge in [-0.2, -0.15) is 5.10 Å². The van der Waals surface area contributed by atoms with Crippen LogP contribution in [0.25, 0.3) is 11.3 Å². The Hall–Kier alpha value is -2.53. The average molecular weight is 321 g/mol.